The van der Waals surface area contributed by atoms with Crippen LogP contribution >= 0.6 is 0 Å². The summed E-state index contributed by atoms with van der Waals surface area (Å²) in [6.45, 7) is 0.228. The maximum absolute atomic E-state index is 13.4. The number of carbonyl (C=O) groups excluding carboxylic acids is 1. The van der Waals surface area contributed by atoms with E-state index in [4.69, 9.17) is 4.74 Å². The number of hydrogen-bond acceptors (Lipinski definition) is 3. The monoisotopic (exact) mass is 419 g/mol. The van der Waals surface area contributed by atoms with Crippen molar-refractivity contribution in [3.05, 3.63) is 102 Å². The first-order valence-corrected chi connectivity index (χ1v) is 9.56. The molecule has 1 heterocycles. The minimum absolute atomic E-state index is 0.228. The molecule has 3 aromatic carbocycles. The fourth-order valence-electron chi connectivity index (χ4n) is 3.10. The van der Waals surface area contributed by atoms with Gasteiger partial charge in [0.2, 0.25) is 0 Å². The number of methoxy groups -OCH3 is 1. The standard InChI is InChI=1S/C24H19F2N3O2/c1-31-21-12-4-17(5-13-21)22-14-23(29(28-22)20-10-8-19(26)9-11-20)24(30)27-15-16-2-6-18(25)7-3-16/h2-14H,15H2,1H3,(H,27,30). The van der Waals surface area contributed by atoms with Crippen LogP contribution in [-0.2, 0) is 6.54 Å². The van der Waals surface area contributed by atoms with Crippen molar-refractivity contribution in [2.45, 2.75) is 6.54 Å². The van der Waals surface area contributed by atoms with Crippen LogP contribution in [0.3, 0.4) is 0 Å². The number of halogens is 2. The smallest absolute Gasteiger partial charge is 0.270 e. The van der Waals surface area contributed by atoms with E-state index in [1.807, 2.05) is 12.1 Å². The highest BCUT2D eigenvalue weighted by Gasteiger charge is 2.18. The van der Waals surface area contributed by atoms with E-state index in [0.717, 1.165) is 11.1 Å². The van der Waals surface area contributed by atoms with E-state index in [2.05, 4.69) is 10.4 Å². The molecule has 0 radical (unpaired) electrons. The normalized spacial score (nSPS) is 10.7. The summed E-state index contributed by atoms with van der Waals surface area (Å²) in [4.78, 5) is 13.0. The number of amides is 1. The van der Waals surface area contributed by atoms with E-state index in [1.165, 1.54) is 28.9 Å². The maximum Gasteiger partial charge on any atom is 0.270 e. The second-order valence-electron chi connectivity index (χ2n) is 6.84. The number of ether oxygens (including phenoxy) is 1. The van der Waals surface area contributed by atoms with E-state index in [9.17, 15) is 13.6 Å². The van der Waals surface area contributed by atoms with Crippen LogP contribution in [0.2, 0.25) is 0 Å². The summed E-state index contributed by atoms with van der Waals surface area (Å²) in [6.07, 6.45) is 0. The molecule has 4 rings (SSSR count). The minimum atomic E-state index is -0.381. The number of benzene rings is 3. The maximum atomic E-state index is 13.4. The van der Waals surface area contributed by atoms with Crippen molar-refractivity contribution in [3.8, 4) is 22.7 Å². The Labute approximate surface area is 177 Å². The molecule has 0 atom stereocenters. The number of aromatic nitrogens is 2. The van der Waals surface area contributed by atoms with Crippen LogP contribution in [0.5, 0.6) is 5.75 Å². The Balaban J connectivity index is 1.66. The third-order valence-corrected chi connectivity index (χ3v) is 4.77. The van der Waals surface area contributed by atoms with E-state index < -0.39 is 0 Å². The molecule has 0 aliphatic carbocycles. The van der Waals surface area contributed by atoms with Crippen LogP contribution in [0, 0.1) is 11.6 Å². The van der Waals surface area contributed by atoms with Gasteiger partial charge >= 0.3 is 0 Å². The summed E-state index contributed by atoms with van der Waals surface area (Å²) in [7, 11) is 1.59. The molecule has 7 heteroatoms. The van der Waals surface area contributed by atoms with Crippen molar-refractivity contribution in [2.24, 2.45) is 0 Å². The van der Waals surface area contributed by atoms with Gasteiger partial charge in [0.25, 0.3) is 5.91 Å². The molecule has 0 aliphatic rings. The summed E-state index contributed by atoms with van der Waals surface area (Å²) in [6, 6.07) is 20.6. The summed E-state index contributed by atoms with van der Waals surface area (Å²) in [5.41, 5.74) is 2.98. The Kier molecular flexibility index (Phi) is 5.75. The fourth-order valence-corrected chi connectivity index (χ4v) is 3.10. The summed E-state index contributed by atoms with van der Waals surface area (Å²) >= 11 is 0. The molecule has 1 aromatic heterocycles. The lowest BCUT2D eigenvalue weighted by Gasteiger charge is -2.08. The van der Waals surface area contributed by atoms with E-state index in [1.54, 1.807) is 49.6 Å². The summed E-state index contributed by atoms with van der Waals surface area (Å²) < 4.78 is 33.1. The highest BCUT2D eigenvalue weighted by molar-refractivity contribution is 5.94. The molecular weight excluding hydrogens is 400 g/mol. The van der Waals surface area contributed by atoms with Gasteiger partial charge in [0.15, 0.2) is 0 Å². The lowest BCUT2D eigenvalue weighted by molar-refractivity contribution is 0.0943. The van der Waals surface area contributed by atoms with E-state index >= 15 is 0 Å². The fraction of sp³-hybridized carbons (Fsp3) is 0.0833. The van der Waals surface area contributed by atoms with Crippen molar-refractivity contribution in [3.63, 3.8) is 0 Å². The average Bonchev–Trinajstić information content (AvgIpc) is 3.24. The second kappa shape index (κ2) is 8.79. The quantitative estimate of drug-likeness (QED) is 0.490. The van der Waals surface area contributed by atoms with Crippen molar-refractivity contribution in [2.75, 3.05) is 7.11 Å². The number of carbonyl (C=O) groups is 1. The van der Waals surface area contributed by atoms with Gasteiger partial charge in [-0.3, -0.25) is 4.79 Å². The van der Waals surface area contributed by atoms with Crippen LogP contribution in [0.1, 0.15) is 16.1 Å². The molecule has 0 bridgehead atoms. The Morgan fingerprint density at radius 1 is 0.935 bits per heavy atom. The van der Waals surface area contributed by atoms with Gasteiger partial charge in [0.05, 0.1) is 18.5 Å². The predicted molar refractivity (Wildman–Crippen MR) is 113 cm³/mol. The largest absolute Gasteiger partial charge is 0.497 e. The molecule has 31 heavy (non-hydrogen) atoms. The lowest BCUT2D eigenvalue weighted by Crippen LogP contribution is -2.25. The predicted octanol–water partition coefficient (Wildman–Crippen LogP) is 4.76. The molecule has 1 N–H and O–H groups in total. The first kappa shape index (κ1) is 20.3. The van der Waals surface area contributed by atoms with Gasteiger partial charge in [0.1, 0.15) is 23.1 Å². The zero-order valence-corrected chi connectivity index (χ0v) is 16.7. The third-order valence-electron chi connectivity index (χ3n) is 4.77. The molecule has 1 amide bonds. The Hall–Kier alpha value is -4.00. The Morgan fingerprint density at radius 2 is 1.55 bits per heavy atom. The van der Waals surface area contributed by atoms with Crippen LogP contribution < -0.4 is 10.1 Å². The summed E-state index contributed by atoms with van der Waals surface area (Å²) in [5.74, 6) is -0.373. The second-order valence-corrected chi connectivity index (χ2v) is 6.84. The van der Waals surface area contributed by atoms with Crippen LogP contribution in [0.25, 0.3) is 16.9 Å². The van der Waals surface area contributed by atoms with Gasteiger partial charge in [-0.1, -0.05) is 12.1 Å². The van der Waals surface area contributed by atoms with Gasteiger partial charge < -0.3 is 10.1 Å². The molecule has 0 saturated heterocycles. The van der Waals surface area contributed by atoms with Crippen molar-refractivity contribution < 1.29 is 18.3 Å². The van der Waals surface area contributed by atoms with E-state index in [0.29, 0.717) is 22.8 Å². The zero-order valence-electron chi connectivity index (χ0n) is 16.7. The van der Waals surface area contributed by atoms with Crippen molar-refractivity contribution >= 4 is 5.91 Å². The number of hydrogen-bond donors (Lipinski definition) is 1. The van der Waals surface area contributed by atoms with Crippen LogP contribution in [-0.4, -0.2) is 22.8 Å². The first-order valence-electron chi connectivity index (χ1n) is 9.56. The Bertz CT molecular complexity index is 1190. The van der Waals surface area contributed by atoms with Gasteiger partial charge in [-0.05, 0) is 72.3 Å². The topological polar surface area (TPSA) is 56.1 Å². The molecule has 0 spiro atoms. The average molecular weight is 419 g/mol. The summed E-state index contributed by atoms with van der Waals surface area (Å²) in [5, 5.41) is 7.39. The SMILES string of the molecule is COc1ccc(-c2cc(C(=O)NCc3ccc(F)cc3)n(-c3ccc(F)cc3)n2)cc1. The van der Waals surface area contributed by atoms with Gasteiger partial charge in [0, 0.05) is 12.1 Å². The van der Waals surface area contributed by atoms with Gasteiger partial charge in [-0.25, -0.2) is 13.5 Å². The number of nitrogens with one attached hydrogen (secondary N) is 1. The molecule has 5 nitrogen and oxygen atoms in total. The number of rotatable bonds is 6. The molecular formula is C24H19F2N3O2. The first-order chi connectivity index (χ1) is 15.0. The van der Waals surface area contributed by atoms with Crippen molar-refractivity contribution in [1.29, 1.82) is 0 Å². The lowest BCUT2D eigenvalue weighted by atomic mass is 10.1. The zero-order chi connectivity index (χ0) is 21.8. The highest BCUT2D eigenvalue weighted by Crippen LogP contribution is 2.24. The minimum Gasteiger partial charge on any atom is -0.497 e. The van der Waals surface area contributed by atoms with E-state index in [-0.39, 0.29) is 24.1 Å². The Morgan fingerprint density at radius 3 is 2.16 bits per heavy atom. The number of nitrogens with zero attached hydrogens (tertiary/aromatic N) is 2. The molecule has 0 saturated carbocycles. The van der Waals surface area contributed by atoms with Gasteiger partial charge in [-0.2, -0.15) is 5.10 Å². The van der Waals surface area contributed by atoms with Crippen molar-refractivity contribution in [1.82, 2.24) is 15.1 Å². The third kappa shape index (κ3) is 4.61. The molecule has 156 valence electrons. The molecule has 0 unspecified atom stereocenters. The van der Waals surface area contributed by atoms with Crippen LogP contribution in [0.15, 0.2) is 78.9 Å². The molecule has 0 fully saturated rings. The molecule has 0 aliphatic heterocycles. The van der Waals surface area contributed by atoms with Gasteiger partial charge in [-0.15, -0.1) is 0 Å². The highest BCUT2D eigenvalue weighted by atomic mass is 19.1. The van der Waals surface area contributed by atoms with Crippen LogP contribution in [0.4, 0.5) is 8.78 Å². The molecule has 4 aromatic rings.